The lowest BCUT2D eigenvalue weighted by atomic mass is 10.0. The van der Waals surface area contributed by atoms with Crippen molar-refractivity contribution in [1.82, 2.24) is 10.2 Å². The monoisotopic (exact) mass is 210 g/mol. The maximum absolute atomic E-state index is 3.51. The number of nitrogens with zero attached hydrogens (tertiary/aromatic N) is 1. The average molecular weight is 210 g/mol. The molecule has 0 amide bonds. The Hall–Kier alpha value is -0.0800. The van der Waals surface area contributed by atoms with E-state index in [0.29, 0.717) is 0 Å². The third-order valence-corrected chi connectivity index (χ3v) is 4.20. The molecule has 2 heteroatoms. The number of fused-ring (bicyclic) bond motifs is 1. The van der Waals surface area contributed by atoms with Crippen molar-refractivity contribution < 1.29 is 0 Å². The molecule has 15 heavy (non-hydrogen) atoms. The van der Waals surface area contributed by atoms with E-state index in [9.17, 15) is 0 Å². The highest BCUT2D eigenvalue weighted by Crippen LogP contribution is 2.28. The molecule has 0 aromatic rings. The Morgan fingerprint density at radius 1 is 1.07 bits per heavy atom. The second-order valence-corrected chi connectivity index (χ2v) is 5.95. The van der Waals surface area contributed by atoms with E-state index in [1.807, 2.05) is 0 Å². The molecule has 0 aliphatic carbocycles. The fraction of sp³-hybridized carbons (Fsp3) is 1.00. The Labute approximate surface area is 94.4 Å². The zero-order valence-electron chi connectivity index (χ0n) is 10.5. The number of nitrogens with one attached hydrogen (secondary N) is 1. The second-order valence-electron chi connectivity index (χ2n) is 5.95. The van der Waals surface area contributed by atoms with Crippen molar-refractivity contribution in [2.45, 2.75) is 39.7 Å². The predicted molar refractivity (Wildman–Crippen MR) is 65.0 cm³/mol. The number of rotatable bonds is 4. The van der Waals surface area contributed by atoms with Gasteiger partial charge in [0.2, 0.25) is 0 Å². The van der Waals surface area contributed by atoms with E-state index in [4.69, 9.17) is 0 Å². The molecule has 0 spiro atoms. The van der Waals surface area contributed by atoms with Crippen LogP contribution in [0.15, 0.2) is 0 Å². The van der Waals surface area contributed by atoms with Crippen LogP contribution in [0.4, 0.5) is 0 Å². The highest BCUT2D eigenvalue weighted by atomic mass is 15.2. The molecule has 2 heterocycles. The molecule has 0 saturated carbocycles. The summed E-state index contributed by atoms with van der Waals surface area (Å²) in [5.74, 6) is 2.76. The van der Waals surface area contributed by atoms with Gasteiger partial charge in [0.05, 0.1) is 0 Å². The Bertz CT molecular complexity index is 191. The van der Waals surface area contributed by atoms with Gasteiger partial charge in [-0.05, 0) is 50.6 Å². The lowest BCUT2D eigenvalue weighted by Crippen LogP contribution is -2.33. The van der Waals surface area contributed by atoms with Gasteiger partial charge >= 0.3 is 0 Å². The van der Waals surface area contributed by atoms with Crippen molar-refractivity contribution >= 4 is 0 Å². The van der Waals surface area contributed by atoms with Crippen LogP contribution in [0.5, 0.6) is 0 Å². The normalized spacial score (nSPS) is 33.6. The van der Waals surface area contributed by atoms with Crippen LogP contribution in [-0.4, -0.2) is 37.1 Å². The first kappa shape index (κ1) is 11.4. The smallest absolute Gasteiger partial charge is 0.00672 e. The Morgan fingerprint density at radius 2 is 1.67 bits per heavy atom. The maximum Gasteiger partial charge on any atom is 0.00672 e. The first-order chi connectivity index (χ1) is 7.16. The maximum atomic E-state index is 3.51. The summed E-state index contributed by atoms with van der Waals surface area (Å²) in [7, 11) is 0. The molecule has 2 saturated heterocycles. The summed E-state index contributed by atoms with van der Waals surface area (Å²) in [5, 5.41) is 3.51. The van der Waals surface area contributed by atoms with Crippen LogP contribution < -0.4 is 5.32 Å². The third kappa shape index (κ3) is 2.73. The van der Waals surface area contributed by atoms with E-state index in [1.165, 1.54) is 39.0 Å². The molecule has 0 aromatic heterocycles. The Morgan fingerprint density at radius 3 is 2.20 bits per heavy atom. The minimum atomic E-state index is 0.804. The largest absolute Gasteiger partial charge is 0.316 e. The molecule has 0 aromatic carbocycles. The molecule has 3 atom stereocenters. The molecule has 2 fully saturated rings. The second kappa shape index (κ2) is 4.84. The van der Waals surface area contributed by atoms with Crippen molar-refractivity contribution in [3.8, 4) is 0 Å². The first-order valence-electron chi connectivity index (χ1n) is 6.61. The van der Waals surface area contributed by atoms with Crippen LogP contribution in [0.1, 0.15) is 33.6 Å². The zero-order valence-corrected chi connectivity index (χ0v) is 10.5. The lowest BCUT2D eigenvalue weighted by Gasteiger charge is -2.25. The molecule has 2 aliphatic rings. The topological polar surface area (TPSA) is 15.3 Å². The van der Waals surface area contributed by atoms with Gasteiger partial charge in [-0.2, -0.15) is 0 Å². The molecule has 1 unspecified atom stereocenters. The summed E-state index contributed by atoms with van der Waals surface area (Å²) in [6.45, 7) is 12.3. The molecule has 1 N–H and O–H groups in total. The van der Waals surface area contributed by atoms with E-state index >= 15 is 0 Å². The lowest BCUT2D eigenvalue weighted by molar-refractivity contribution is 0.221. The fourth-order valence-corrected chi connectivity index (χ4v) is 3.01. The molecular formula is C13H26N2. The van der Waals surface area contributed by atoms with Gasteiger partial charge in [0.15, 0.2) is 0 Å². The fourth-order valence-electron chi connectivity index (χ4n) is 3.01. The molecule has 2 aliphatic heterocycles. The summed E-state index contributed by atoms with van der Waals surface area (Å²) in [6.07, 6.45) is 2.76. The number of likely N-dealkylation sites (tertiary alicyclic amines) is 1. The minimum Gasteiger partial charge on any atom is -0.316 e. The van der Waals surface area contributed by atoms with Crippen LogP contribution in [0.25, 0.3) is 0 Å². The van der Waals surface area contributed by atoms with Gasteiger partial charge in [-0.25, -0.2) is 0 Å². The summed E-state index contributed by atoms with van der Waals surface area (Å²) in [4.78, 5) is 2.72. The number of hydrogen-bond donors (Lipinski definition) is 1. The Balaban J connectivity index is 1.75. The summed E-state index contributed by atoms with van der Waals surface area (Å²) in [5.41, 5.74) is 0. The zero-order chi connectivity index (χ0) is 10.8. The van der Waals surface area contributed by atoms with Crippen molar-refractivity contribution in [1.29, 1.82) is 0 Å². The van der Waals surface area contributed by atoms with Crippen LogP contribution in [-0.2, 0) is 0 Å². The SMILES string of the molecule is CC(C)CCC(C)N1C[C@H]2CNC[C@H]2C1. The van der Waals surface area contributed by atoms with Crippen LogP contribution in [0, 0.1) is 17.8 Å². The molecule has 0 bridgehead atoms. The van der Waals surface area contributed by atoms with Gasteiger partial charge < -0.3 is 5.32 Å². The Kier molecular flexibility index (Phi) is 3.68. The first-order valence-corrected chi connectivity index (χ1v) is 6.61. The standard InChI is InChI=1S/C13H26N2/c1-10(2)4-5-11(3)15-8-12-6-14-7-13(12)9-15/h10-14H,4-9H2,1-3H3/t11?,12-,13+. The quantitative estimate of drug-likeness (QED) is 0.763. The van der Waals surface area contributed by atoms with Gasteiger partial charge in [-0.15, -0.1) is 0 Å². The van der Waals surface area contributed by atoms with Crippen molar-refractivity contribution in [2.75, 3.05) is 26.2 Å². The summed E-state index contributed by atoms with van der Waals surface area (Å²) < 4.78 is 0. The van der Waals surface area contributed by atoms with E-state index in [1.54, 1.807) is 0 Å². The summed E-state index contributed by atoms with van der Waals surface area (Å²) >= 11 is 0. The van der Waals surface area contributed by atoms with Crippen molar-refractivity contribution in [2.24, 2.45) is 17.8 Å². The highest BCUT2D eigenvalue weighted by molar-refractivity contribution is 4.92. The van der Waals surface area contributed by atoms with Gasteiger partial charge in [-0.1, -0.05) is 13.8 Å². The average Bonchev–Trinajstić information content (AvgIpc) is 2.72. The predicted octanol–water partition coefficient (Wildman–Crippen LogP) is 1.96. The highest BCUT2D eigenvalue weighted by Gasteiger charge is 2.37. The molecular weight excluding hydrogens is 184 g/mol. The van der Waals surface area contributed by atoms with E-state index in [0.717, 1.165) is 23.8 Å². The summed E-state index contributed by atoms with van der Waals surface area (Å²) in [6, 6.07) is 0.804. The molecule has 2 nitrogen and oxygen atoms in total. The van der Waals surface area contributed by atoms with E-state index < -0.39 is 0 Å². The van der Waals surface area contributed by atoms with E-state index in [-0.39, 0.29) is 0 Å². The molecule has 88 valence electrons. The number of hydrogen-bond acceptors (Lipinski definition) is 2. The van der Waals surface area contributed by atoms with Crippen LogP contribution in [0.2, 0.25) is 0 Å². The molecule has 0 radical (unpaired) electrons. The van der Waals surface area contributed by atoms with Gasteiger partial charge in [0.1, 0.15) is 0 Å². The van der Waals surface area contributed by atoms with Gasteiger partial charge in [0.25, 0.3) is 0 Å². The third-order valence-electron chi connectivity index (χ3n) is 4.20. The van der Waals surface area contributed by atoms with Gasteiger partial charge in [0, 0.05) is 19.1 Å². The van der Waals surface area contributed by atoms with Crippen molar-refractivity contribution in [3.63, 3.8) is 0 Å². The minimum absolute atomic E-state index is 0.804. The van der Waals surface area contributed by atoms with Crippen molar-refractivity contribution in [3.05, 3.63) is 0 Å². The van der Waals surface area contributed by atoms with E-state index in [2.05, 4.69) is 31.0 Å². The van der Waals surface area contributed by atoms with Crippen LogP contribution in [0.3, 0.4) is 0 Å². The van der Waals surface area contributed by atoms with Gasteiger partial charge in [-0.3, -0.25) is 4.90 Å². The molecule has 2 rings (SSSR count). The van der Waals surface area contributed by atoms with Crippen LogP contribution >= 0.6 is 0 Å².